The molecule has 18 heavy (non-hydrogen) atoms. The van der Waals surface area contributed by atoms with Gasteiger partial charge in [0.05, 0.1) is 5.54 Å². The monoisotopic (exact) mass is 264 g/mol. The first kappa shape index (κ1) is 12.6. The normalized spacial score (nSPS) is 32.7. The summed E-state index contributed by atoms with van der Waals surface area (Å²) < 4.78 is 0. The summed E-state index contributed by atoms with van der Waals surface area (Å²) in [6.07, 6.45) is 9.39. The summed E-state index contributed by atoms with van der Waals surface area (Å²) in [7, 11) is 0. The Morgan fingerprint density at radius 1 is 1.33 bits per heavy atom. The molecule has 0 bridgehead atoms. The number of nitrogens with one attached hydrogen (secondary N) is 1. The molecular formula is C15H24N2S. The van der Waals surface area contributed by atoms with E-state index in [1.54, 1.807) is 0 Å². The van der Waals surface area contributed by atoms with Crippen molar-refractivity contribution < 1.29 is 0 Å². The molecule has 1 N–H and O–H groups in total. The Morgan fingerprint density at radius 2 is 2.06 bits per heavy atom. The number of hydrogen-bond acceptors (Lipinski definition) is 3. The van der Waals surface area contributed by atoms with E-state index in [4.69, 9.17) is 4.98 Å². The molecule has 1 aromatic heterocycles. The quantitative estimate of drug-likeness (QED) is 0.889. The van der Waals surface area contributed by atoms with Gasteiger partial charge in [0.25, 0.3) is 0 Å². The molecule has 0 radical (unpaired) electrons. The molecule has 3 rings (SSSR count). The lowest BCUT2D eigenvalue weighted by Gasteiger charge is -2.39. The van der Waals surface area contributed by atoms with Crippen molar-refractivity contribution in [1.82, 2.24) is 10.3 Å². The van der Waals surface area contributed by atoms with Gasteiger partial charge in [0.2, 0.25) is 0 Å². The molecule has 2 aliphatic carbocycles. The summed E-state index contributed by atoms with van der Waals surface area (Å²) in [5.74, 6) is 0.945. The molecule has 100 valence electrons. The van der Waals surface area contributed by atoms with Crippen LogP contribution in [-0.4, -0.2) is 11.0 Å². The SMILES string of the molecule is CCC1CCC(NC2CC2)(c2nc(C)cs2)CC1. The minimum atomic E-state index is 0.214. The molecular weight excluding hydrogens is 240 g/mol. The summed E-state index contributed by atoms with van der Waals surface area (Å²) in [4.78, 5) is 4.79. The van der Waals surface area contributed by atoms with Crippen LogP contribution in [0.15, 0.2) is 5.38 Å². The van der Waals surface area contributed by atoms with Gasteiger partial charge in [-0.15, -0.1) is 11.3 Å². The highest BCUT2D eigenvalue weighted by Crippen LogP contribution is 2.43. The van der Waals surface area contributed by atoms with E-state index in [1.807, 2.05) is 11.3 Å². The number of aryl methyl sites for hydroxylation is 1. The second kappa shape index (κ2) is 4.93. The largest absolute Gasteiger partial charge is 0.303 e. The minimum absolute atomic E-state index is 0.214. The molecule has 0 aromatic carbocycles. The Balaban J connectivity index is 1.80. The molecule has 0 atom stereocenters. The summed E-state index contributed by atoms with van der Waals surface area (Å²) >= 11 is 1.86. The lowest BCUT2D eigenvalue weighted by atomic mass is 9.75. The van der Waals surface area contributed by atoms with Crippen molar-refractivity contribution in [2.45, 2.75) is 70.4 Å². The number of rotatable bonds is 4. The zero-order valence-electron chi connectivity index (χ0n) is 11.5. The standard InChI is InChI=1S/C15H24N2S/c1-3-12-6-8-15(9-7-12,17-13-4-5-13)14-16-11(2)10-18-14/h10,12-13,17H,3-9H2,1-2H3. The lowest BCUT2D eigenvalue weighted by Crippen LogP contribution is -2.46. The maximum atomic E-state index is 4.79. The maximum Gasteiger partial charge on any atom is 0.113 e. The molecule has 3 heteroatoms. The maximum absolute atomic E-state index is 4.79. The first-order valence-corrected chi connectivity index (χ1v) is 8.30. The summed E-state index contributed by atoms with van der Waals surface area (Å²) in [6, 6.07) is 0.771. The average Bonchev–Trinajstić information content (AvgIpc) is 3.08. The second-order valence-electron chi connectivity index (χ2n) is 6.15. The van der Waals surface area contributed by atoms with Gasteiger partial charge in [-0.1, -0.05) is 13.3 Å². The molecule has 0 amide bonds. The van der Waals surface area contributed by atoms with Crippen LogP contribution in [0.25, 0.3) is 0 Å². The average molecular weight is 264 g/mol. The van der Waals surface area contributed by atoms with Crippen molar-refractivity contribution in [3.63, 3.8) is 0 Å². The van der Waals surface area contributed by atoms with Crippen LogP contribution in [0.3, 0.4) is 0 Å². The molecule has 1 heterocycles. The van der Waals surface area contributed by atoms with Gasteiger partial charge in [0, 0.05) is 17.1 Å². The van der Waals surface area contributed by atoms with Gasteiger partial charge in [-0.3, -0.25) is 0 Å². The molecule has 2 nitrogen and oxygen atoms in total. The van der Waals surface area contributed by atoms with Gasteiger partial charge in [0.15, 0.2) is 0 Å². The molecule has 2 saturated carbocycles. The number of nitrogens with zero attached hydrogens (tertiary/aromatic N) is 1. The molecule has 2 aliphatic rings. The highest BCUT2D eigenvalue weighted by molar-refractivity contribution is 7.09. The first-order chi connectivity index (χ1) is 8.72. The highest BCUT2D eigenvalue weighted by Gasteiger charge is 2.42. The predicted octanol–water partition coefficient (Wildman–Crippen LogP) is 4.00. The summed E-state index contributed by atoms with van der Waals surface area (Å²) in [6.45, 7) is 4.45. The fourth-order valence-corrected chi connectivity index (χ4v) is 4.21. The van der Waals surface area contributed by atoms with E-state index in [2.05, 4.69) is 24.5 Å². The molecule has 0 saturated heterocycles. The Kier molecular flexibility index (Phi) is 3.46. The van der Waals surface area contributed by atoms with Crippen LogP contribution in [0, 0.1) is 12.8 Å². The van der Waals surface area contributed by atoms with E-state index in [-0.39, 0.29) is 5.54 Å². The van der Waals surface area contributed by atoms with Crippen LogP contribution >= 0.6 is 11.3 Å². The van der Waals surface area contributed by atoms with Crippen molar-refractivity contribution in [3.8, 4) is 0 Å². The van der Waals surface area contributed by atoms with Crippen molar-refractivity contribution in [2.24, 2.45) is 5.92 Å². The van der Waals surface area contributed by atoms with Gasteiger partial charge >= 0.3 is 0 Å². The minimum Gasteiger partial charge on any atom is -0.303 e. The van der Waals surface area contributed by atoms with Crippen LogP contribution in [0.4, 0.5) is 0 Å². The highest BCUT2D eigenvalue weighted by atomic mass is 32.1. The third kappa shape index (κ3) is 2.48. The predicted molar refractivity (Wildman–Crippen MR) is 76.9 cm³/mol. The molecule has 1 aromatic rings. The van der Waals surface area contributed by atoms with Crippen LogP contribution < -0.4 is 5.32 Å². The smallest absolute Gasteiger partial charge is 0.113 e. The third-order valence-corrected chi connectivity index (χ3v) is 5.79. The number of thiazole rings is 1. The van der Waals surface area contributed by atoms with Crippen LogP contribution in [0.5, 0.6) is 0 Å². The van der Waals surface area contributed by atoms with Crippen LogP contribution in [0.2, 0.25) is 0 Å². The molecule has 2 fully saturated rings. The number of hydrogen-bond donors (Lipinski definition) is 1. The van der Waals surface area contributed by atoms with E-state index < -0.39 is 0 Å². The Labute approximate surface area is 114 Å². The van der Waals surface area contributed by atoms with Crippen molar-refractivity contribution >= 4 is 11.3 Å². The van der Waals surface area contributed by atoms with Gasteiger partial charge in [-0.05, 0) is 51.4 Å². The Morgan fingerprint density at radius 3 is 2.56 bits per heavy atom. The third-order valence-electron chi connectivity index (χ3n) is 4.62. The van der Waals surface area contributed by atoms with Crippen molar-refractivity contribution in [1.29, 1.82) is 0 Å². The van der Waals surface area contributed by atoms with E-state index in [9.17, 15) is 0 Å². The van der Waals surface area contributed by atoms with Gasteiger partial charge in [-0.25, -0.2) is 4.98 Å². The van der Waals surface area contributed by atoms with E-state index in [0.717, 1.165) is 12.0 Å². The molecule has 0 aliphatic heterocycles. The fraction of sp³-hybridized carbons (Fsp3) is 0.800. The topological polar surface area (TPSA) is 24.9 Å². The fourth-order valence-electron chi connectivity index (χ4n) is 3.19. The van der Waals surface area contributed by atoms with Gasteiger partial charge in [-0.2, -0.15) is 0 Å². The van der Waals surface area contributed by atoms with E-state index in [1.165, 1.54) is 55.6 Å². The van der Waals surface area contributed by atoms with Crippen molar-refractivity contribution in [3.05, 3.63) is 16.1 Å². The summed E-state index contributed by atoms with van der Waals surface area (Å²) in [5, 5.41) is 7.48. The van der Waals surface area contributed by atoms with Crippen LogP contribution in [0.1, 0.15) is 62.6 Å². The van der Waals surface area contributed by atoms with E-state index >= 15 is 0 Å². The van der Waals surface area contributed by atoms with Crippen LogP contribution in [-0.2, 0) is 5.54 Å². The second-order valence-corrected chi connectivity index (χ2v) is 7.00. The summed E-state index contributed by atoms with van der Waals surface area (Å²) in [5.41, 5.74) is 1.40. The zero-order valence-corrected chi connectivity index (χ0v) is 12.4. The molecule has 0 unspecified atom stereocenters. The number of aromatic nitrogens is 1. The first-order valence-electron chi connectivity index (χ1n) is 7.42. The lowest BCUT2D eigenvalue weighted by molar-refractivity contribution is 0.182. The van der Waals surface area contributed by atoms with Gasteiger partial charge in [0.1, 0.15) is 5.01 Å². The zero-order chi connectivity index (χ0) is 12.6. The Hall–Kier alpha value is -0.410. The molecule has 0 spiro atoms. The van der Waals surface area contributed by atoms with Crippen molar-refractivity contribution in [2.75, 3.05) is 0 Å². The Bertz CT molecular complexity index is 400. The van der Waals surface area contributed by atoms with E-state index in [0.29, 0.717) is 0 Å². The van der Waals surface area contributed by atoms with Gasteiger partial charge < -0.3 is 5.32 Å².